The third-order valence-electron chi connectivity index (χ3n) is 3.73. The van der Waals surface area contributed by atoms with Gasteiger partial charge in [-0.05, 0) is 43.0 Å². The zero-order valence-electron chi connectivity index (χ0n) is 14.0. The van der Waals surface area contributed by atoms with E-state index < -0.39 is 9.84 Å². The summed E-state index contributed by atoms with van der Waals surface area (Å²) in [6.07, 6.45) is 2.97. The van der Waals surface area contributed by atoms with Crippen LogP contribution in [0.5, 0.6) is 0 Å². The second-order valence-corrected chi connectivity index (χ2v) is 8.31. The van der Waals surface area contributed by atoms with E-state index in [9.17, 15) is 13.2 Å². The van der Waals surface area contributed by atoms with E-state index in [0.717, 1.165) is 12.8 Å². The lowest BCUT2D eigenvalue weighted by Gasteiger charge is -2.14. The number of rotatable bonds is 7. The van der Waals surface area contributed by atoms with Crippen molar-refractivity contribution >= 4 is 15.7 Å². The molecule has 0 unspecified atom stereocenters. The van der Waals surface area contributed by atoms with Crippen LogP contribution in [-0.2, 0) is 22.0 Å². The van der Waals surface area contributed by atoms with Crippen LogP contribution in [0.15, 0.2) is 54.6 Å². The Morgan fingerprint density at radius 2 is 1.62 bits per heavy atom. The topological polar surface area (TPSA) is 63.2 Å². The van der Waals surface area contributed by atoms with E-state index in [2.05, 4.69) is 17.4 Å². The zero-order chi connectivity index (χ0) is 17.6. The molecule has 1 atom stereocenters. The Labute approximate surface area is 143 Å². The normalized spacial score (nSPS) is 12.6. The molecule has 2 rings (SSSR count). The molecule has 2 aromatic rings. The zero-order valence-corrected chi connectivity index (χ0v) is 14.8. The third-order valence-corrected chi connectivity index (χ3v) is 4.59. The Balaban J connectivity index is 1.87. The van der Waals surface area contributed by atoms with Gasteiger partial charge in [-0.15, -0.1) is 0 Å². The van der Waals surface area contributed by atoms with Crippen LogP contribution < -0.4 is 5.32 Å². The number of hydrogen-bond acceptors (Lipinski definition) is 3. The van der Waals surface area contributed by atoms with Gasteiger partial charge in [-0.25, -0.2) is 8.42 Å². The molecule has 0 fully saturated rings. The fourth-order valence-electron chi connectivity index (χ4n) is 2.46. The van der Waals surface area contributed by atoms with Crippen molar-refractivity contribution in [1.82, 2.24) is 5.32 Å². The number of nitrogens with one attached hydrogen (secondary N) is 1. The lowest BCUT2D eigenvalue weighted by Crippen LogP contribution is -2.32. The summed E-state index contributed by atoms with van der Waals surface area (Å²) in [6.45, 7) is 1.98. The smallest absolute Gasteiger partial charge is 0.251 e. The van der Waals surface area contributed by atoms with Gasteiger partial charge in [0.25, 0.3) is 5.91 Å². The lowest BCUT2D eigenvalue weighted by molar-refractivity contribution is 0.0938. The average Bonchev–Trinajstić information content (AvgIpc) is 2.53. The average molecular weight is 345 g/mol. The lowest BCUT2D eigenvalue weighted by atomic mass is 10.1. The molecular weight excluding hydrogens is 322 g/mol. The predicted octanol–water partition coefficient (Wildman–Crippen LogP) is 2.98. The summed E-state index contributed by atoms with van der Waals surface area (Å²) < 4.78 is 22.5. The predicted molar refractivity (Wildman–Crippen MR) is 96.7 cm³/mol. The van der Waals surface area contributed by atoms with Crippen LogP contribution in [0.3, 0.4) is 0 Å². The molecular formula is C19H23NO3S. The Hall–Kier alpha value is -2.14. The standard InChI is InChI=1S/C19H23NO3S/c1-15(8-9-16-6-4-3-5-7-16)20-19(21)18-12-10-17(11-13-18)14-24(2,22)23/h3-7,10-13,15H,8-9,14H2,1-2H3,(H,20,21)/t15-/m0/s1. The molecule has 1 amide bonds. The molecule has 4 nitrogen and oxygen atoms in total. The third kappa shape index (κ3) is 6.16. The molecule has 2 aromatic carbocycles. The van der Waals surface area contributed by atoms with E-state index in [-0.39, 0.29) is 17.7 Å². The maximum Gasteiger partial charge on any atom is 0.251 e. The largest absolute Gasteiger partial charge is 0.350 e. The highest BCUT2D eigenvalue weighted by Gasteiger charge is 2.11. The van der Waals surface area contributed by atoms with Gasteiger partial charge in [0.2, 0.25) is 0 Å². The van der Waals surface area contributed by atoms with Gasteiger partial charge in [-0.1, -0.05) is 42.5 Å². The molecule has 0 radical (unpaired) electrons. The first-order valence-corrected chi connectivity index (χ1v) is 10.0. The molecule has 128 valence electrons. The number of hydrogen-bond donors (Lipinski definition) is 1. The van der Waals surface area contributed by atoms with Crippen molar-refractivity contribution in [2.45, 2.75) is 31.6 Å². The molecule has 0 aliphatic carbocycles. The van der Waals surface area contributed by atoms with Crippen LogP contribution in [0.4, 0.5) is 0 Å². The quantitative estimate of drug-likeness (QED) is 0.839. The minimum Gasteiger partial charge on any atom is -0.350 e. The van der Waals surface area contributed by atoms with Gasteiger partial charge >= 0.3 is 0 Å². The summed E-state index contributed by atoms with van der Waals surface area (Å²) in [6, 6.07) is 16.9. The number of amides is 1. The Morgan fingerprint density at radius 3 is 2.21 bits per heavy atom. The summed E-state index contributed by atoms with van der Waals surface area (Å²) in [4.78, 5) is 12.2. The van der Waals surface area contributed by atoms with Crippen molar-refractivity contribution < 1.29 is 13.2 Å². The molecule has 0 bridgehead atoms. The second-order valence-electron chi connectivity index (χ2n) is 6.17. The SMILES string of the molecule is C[C@@H](CCc1ccccc1)NC(=O)c1ccc(CS(C)(=O)=O)cc1. The van der Waals surface area contributed by atoms with Crippen LogP contribution in [0.2, 0.25) is 0 Å². The van der Waals surface area contributed by atoms with E-state index in [1.807, 2.05) is 25.1 Å². The molecule has 0 aromatic heterocycles. The molecule has 0 heterocycles. The first kappa shape index (κ1) is 18.2. The van der Waals surface area contributed by atoms with Crippen LogP contribution in [0.1, 0.15) is 34.8 Å². The number of carbonyl (C=O) groups excluding carboxylic acids is 1. The van der Waals surface area contributed by atoms with Crippen LogP contribution in [0, 0.1) is 0 Å². The fraction of sp³-hybridized carbons (Fsp3) is 0.316. The maximum atomic E-state index is 12.2. The van der Waals surface area contributed by atoms with E-state index in [4.69, 9.17) is 0 Å². The van der Waals surface area contributed by atoms with Crippen molar-refractivity contribution in [3.05, 3.63) is 71.3 Å². The van der Waals surface area contributed by atoms with E-state index in [1.165, 1.54) is 11.8 Å². The van der Waals surface area contributed by atoms with Gasteiger partial charge in [0.15, 0.2) is 9.84 Å². The van der Waals surface area contributed by atoms with E-state index in [0.29, 0.717) is 11.1 Å². The van der Waals surface area contributed by atoms with Crippen molar-refractivity contribution in [1.29, 1.82) is 0 Å². The minimum absolute atomic E-state index is 0.0115. The highest BCUT2D eigenvalue weighted by Crippen LogP contribution is 2.09. The van der Waals surface area contributed by atoms with Gasteiger partial charge in [0.1, 0.15) is 0 Å². The monoisotopic (exact) mass is 345 g/mol. The summed E-state index contributed by atoms with van der Waals surface area (Å²) in [7, 11) is -3.06. The number of sulfone groups is 1. The van der Waals surface area contributed by atoms with Gasteiger partial charge in [-0.3, -0.25) is 4.79 Å². The minimum atomic E-state index is -3.06. The van der Waals surface area contributed by atoms with Crippen molar-refractivity contribution in [2.24, 2.45) is 0 Å². The molecule has 1 N–H and O–H groups in total. The van der Waals surface area contributed by atoms with Crippen LogP contribution in [0.25, 0.3) is 0 Å². The number of benzene rings is 2. The maximum absolute atomic E-state index is 12.2. The molecule has 0 aliphatic rings. The molecule has 24 heavy (non-hydrogen) atoms. The van der Waals surface area contributed by atoms with E-state index >= 15 is 0 Å². The van der Waals surface area contributed by atoms with Crippen LogP contribution in [-0.4, -0.2) is 26.6 Å². The molecule has 0 aliphatic heterocycles. The van der Waals surface area contributed by atoms with Gasteiger partial charge in [-0.2, -0.15) is 0 Å². The first-order chi connectivity index (χ1) is 11.3. The summed E-state index contributed by atoms with van der Waals surface area (Å²) >= 11 is 0. The molecule has 0 spiro atoms. The van der Waals surface area contributed by atoms with Gasteiger partial charge < -0.3 is 5.32 Å². The summed E-state index contributed by atoms with van der Waals surface area (Å²) in [5.41, 5.74) is 2.48. The second kappa shape index (κ2) is 8.11. The van der Waals surface area contributed by atoms with Crippen LogP contribution >= 0.6 is 0 Å². The Morgan fingerprint density at radius 1 is 1.00 bits per heavy atom. The first-order valence-electron chi connectivity index (χ1n) is 7.95. The van der Waals surface area contributed by atoms with Crippen molar-refractivity contribution in [3.8, 4) is 0 Å². The molecule has 0 saturated carbocycles. The van der Waals surface area contributed by atoms with E-state index in [1.54, 1.807) is 24.3 Å². The molecule has 5 heteroatoms. The Bertz CT molecular complexity index is 768. The Kier molecular flexibility index (Phi) is 6.15. The molecule has 0 saturated heterocycles. The summed E-state index contributed by atoms with van der Waals surface area (Å²) in [5, 5.41) is 2.98. The summed E-state index contributed by atoms with van der Waals surface area (Å²) in [5.74, 6) is -0.149. The van der Waals surface area contributed by atoms with Crippen molar-refractivity contribution in [2.75, 3.05) is 6.26 Å². The van der Waals surface area contributed by atoms with Crippen molar-refractivity contribution in [3.63, 3.8) is 0 Å². The highest BCUT2D eigenvalue weighted by molar-refractivity contribution is 7.89. The van der Waals surface area contributed by atoms with Gasteiger partial charge in [0.05, 0.1) is 5.75 Å². The number of aryl methyl sites for hydroxylation is 1. The highest BCUT2D eigenvalue weighted by atomic mass is 32.2. The number of carbonyl (C=O) groups is 1. The fourth-order valence-corrected chi connectivity index (χ4v) is 3.26. The van der Waals surface area contributed by atoms with Gasteiger partial charge in [0, 0.05) is 17.9 Å².